The van der Waals surface area contributed by atoms with E-state index in [0.717, 1.165) is 19.5 Å². The Labute approximate surface area is 146 Å². The first-order valence-electron chi connectivity index (χ1n) is 9.40. The molecule has 138 valence electrons. The summed E-state index contributed by atoms with van der Waals surface area (Å²) in [6, 6.07) is -0.0986. The van der Waals surface area contributed by atoms with Gasteiger partial charge in [0, 0.05) is 25.6 Å². The minimum absolute atomic E-state index is 0.0986. The predicted octanol–water partition coefficient (Wildman–Crippen LogP) is 1.04. The second kappa shape index (κ2) is 7.70. The van der Waals surface area contributed by atoms with Crippen LogP contribution in [0.4, 0.5) is 0 Å². The minimum Gasteiger partial charge on any atom is -0.341 e. The third-order valence-electron chi connectivity index (χ3n) is 5.62. The minimum atomic E-state index is -3.22. The van der Waals surface area contributed by atoms with Crippen molar-refractivity contribution in [3.05, 3.63) is 0 Å². The van der Waals surface area contributed by atoms with E-state index in [1.54, 1.807) is 0 Å². The number of amides is 1. The maximum atomic E-state index is 12.5. The van der Waals surface area contributed by atoms with Crippen molar-refractivity contribution in [2.45, 2.75) is 51.0 Å². The summed E-state index contributed by atoms with van der Waals surface area (Å²) in [6.07, 6.45) is 8.94. The lowest BCUT2D eigenvalue weighted by molar-refractivity contribution is -0.130. The van der Waals surface area contributed by atoms with E-state index in [2.05, 4.69) is 9.62 Å². The van der Waals surface area contributed by atoms with Crippen molar-refractivity contribution in [2.75, 3.05) is 39.0 Å². The average molecular weight is 358 g/mol. The molecule has 2 saturated heterocycles. The van der Waals surface area contributed by atoms with Gasteiger partial charge in [0.1, 0.15) is 0 Å². The van der Waals surface area contributed by atoms with Gasteiger partial charge < -0.3 is 9.80 Å². The summed E-state index contributed by atoms with van der Waals surface area (Å²) in [5.74, 6) is 1.08. The number of likely N-dealkylation sites (tertiary alicyclic amines) is 2. The van der Waals surface area contributed by atoms with Crippen LogP contribution in [0, 0.1) is 11.8 Å². The van der Waals surface area contributed by atoms with Gasteiger partial charge in [0.05, 0.1) is 6.26 Å². The molecule has 0 spiro atoms. The molecule has 0 aromatic carbocycles. The van der Waals surface area contributed by atoms with Gasteiger partial charge in [0.15, 0.2) is 0 Å². The van der Waals surface area contributed by atoms with Gasteiger partial charge in [-0.3, -0.25) is 4.79 Å². The van der Waals surface area contributed by atoms with Crippen LogP contribution in [0.25, 0.3) is 0 Å². The van der Waals surface area contributed by atoms with E-state index in [4.69, 9.17) is 0 Å². The van der Waals surface area contributed by atoms with E-state index in [9.17, 15) is 13.2 Å². The number of hydrogen-bond donors (Lipinski definition) is 1. The average Bonchev–Trinajstić information content (AvgIpc) is 3.28. The van der Waals surface area contributed by atoms with Crippen LogP contribution in [-0.4, -0.2) is 69.1 Å². The first kappa shape index (κ1) is 18.1. The molecule has 2 aliphatic heterocycles. The van der Waals surface area contributed by atoms with Crippen LogP contribution in [-0.2, 0) is 14.8 Å². The molecule has 1 N–H and O–H groups in total. The molecule has 2 unspecified atom stereocenters. The van der Waals surface area contributed by atoms with E-state index in [-0.39, 0.29) is 11.9 Å². The lowest BCUT2D eigenvalue weighted by Crippen LogP contribution is -2.41. The molecule has 3 fully saturated rings. The van der Waals surface area contributed by atoms with Gasteiger partial charge in [0.2, 0.25) is 15.9 Å². The molecule has 3 rings (SSSR count). The van der Waals surface area contributed by atoms with Crippen LogP contribution in [0.2, 0.25) is 0 Å². The summed E-state index contributed by atoms with van der Waals surface area (Å²) in [5, 5.41) is 0. The normalized spacial score (nSPS) is 29.1. The number of nitrogens with zero attached hydrogens (tertiary/aromatic N) is 2. The maximum Gasteiger partial charge on any atom is 0.222 e. The number of nitrogens with one attached hydrogen (secondary N) is 1. The topological polar surface area (TPSA) is 69.7 Å². The lowest BCUT2D eigenvalue weighted by Gasteiger charge is -2.26. The van der Waals surface area contributed by atoms with E-state index in [1.807, 2.05) is 4.90 Å². The van der Waals surface area contributed by atoms with Gasteiger partial charge in [-0.25, -0.2) is 13.1 Å². The molecule has 0 aromatic rings. The summed E-state index contributed by atoms with van der Waals surface area (Å²) in [6.45, 7) is 4.61. The second-order valence-corrected chi connectivity index (χ2v) is 9.58. The van der Waals surface area contributed by atoms with Crippen LogP contribution in [0.5, 0.6) is 0 Å². The SMILES string of the molecule is CS(=O)(=O)NC1CN(C(=O)CCCN2CCCCC2)CC1C1CC1. The largest absolute Gasteiger partial charge is 0.341 e. The number of hydrogen-bond acceptors (Lipinski definition) is 4. The molecule has 1 saturated carbocycles. The highest BCUT2D eigenvalue weighted by Gasteiger charge is 2.44. The second-order valence-electron chi connectivity index (χ2n) is 7.80. The highest BCUT2D eigenvalue weighted by Crippen LogP contribution is 2.41. The summed E-state index contributed by atoms with van der Waals surface area (Å²) in [4.78, 5) is 16.9. The Morgan fingerprint density at radius 2 is 1.83 bits per heavy atom. The first-order chi connectivity index (χ1) is 11.4. The van der Waals surface area contributed by atoms with Crippen molar-refractivity contribution >= 4 is 15.9 Å². The van der Waals surface area contributed by atoms with Gasteiger partial charge >= 0.3 is 0 Å². The van der Waals surface area contributed by atoms with Crippen molar-refractivity contribution < 1.29 is 13.2 Å². The fourth-order valence-corrected chi connectivity index (χ4v) is 5.03. The standard InChI is InChI=1S/C17H31N3O3S/c1-24(22,23)18-16-13-20(12-15(16)14-7-8-14)17(21)6-5-11-19-9-3-2-4-10-19/h14-16,18H,2-13H2,1H3. The first-order valence-corrected chi connectivity index (χ1v) is 11.3. The van der Waals surface area contributed by atoms with Crippen molar-refractivity contribution in [3.63, 3.8) is 0 Å². The zero-order chi connectivity index (χ0) is 17.2. The van der Waals surface area contributed by atoms with Crippen LogP contribution >= 0.6 is 0 Å². The Morgan fingerprint density at radius 3 is 2.46 bits per heavy atom. The van der Waals surface area contributed by atoms with E-state index in [1.165, 1.54) is 51.4 Å². The van der Waals surface area contributed by atoms with Gasteiger partial charge in [-0.1, -0.05) is 6.42 Å². The summed E-state index contributed by atoms with van der Waals surface area (Å²) >= 11 is 0. The lowest BCUT2D eigenvalue weighted by atomic mass is 9.99. The summed E-state index contributed by atoms with van der Waals surface area (Å²) in [5.41, 5.74) is 0. The number of carbonyl (C=O) groups excluding carboxylic acids is 1. The molecule has 3 aliphatic rings. The van der Waals surface area contributed by atoms with E-state index in [0.29, 0.717) is 24.8 Å². The van der Waals surface area contributed by atoms with E-state index < -0.39 is 10.0 Å². The molecule has 0 radical (unpaired) electrons. The van der Waals surface area contributed by atoms with Gasteiger partial charge in [-0.2, -0.15) is 0 Å². The molecule has 6 nitrogen and oxygen atoms in total. The third-order valence-corrected chi connectivity index (χ3v) is 6.36. The van der Waals surface area contributed by atoms with E-state index >= 15 is 0 Å². The van der Waals surface area contributed by atoms with Gasteiger partial charge in [-0.15, -0.1) is 0 Å². The molecule has 1 amide bonds. The van der Waals surface area contributed by atoms with Crippen LogP contribution in [0.1, 0.15) is 44.9 Å². The van der Waals surface area contributed by atoms with Crippen LogP contribution in [0.15, 0.2) is 0 Å². The predicted molar refractivity (Wildman–Crippen MR) is 94.1 cm³/mol. The zero-order valence-corrected chi connectivity index (χ0v) is 15.6. The Bertz CT molecular complexity index is 541. The zero-order valence-electron chi connectivity index (χ0n) is 14.7. The van der Waals surface area contributed by atoms with Gasteiger partial charge in [0.25, 0.3) is 0 Å². The fourth-order valence-electron chi connectivity index (χ4n) is 4.23. The Hall–Kier alpha value is -0.660. The molecule has 24 heavy (non-hydrogen) atoms. The highest BCUT2D eigenvalue weighted by atomic mass is 32.2. The van der Waals surface area contributed by atoms with Crippen LogP contribution in [0.3, 0.4) is 0 Å². The van der Waals surface area contributed by atoms with Gasteiger partial charge in [-0.05, 0) is 63.6 Å². The molecule has 0 bridgehead atoms. The Kier molecular flexibility index (Phi) is 5.82. The number of rotatable bonds is 7. The molecule has 0 aromatic heterocycles. The Morgan fingerprint density at radius 1 is 1.12 bits per heavy atom. The Balaban J connectivity index is 1.46. The molecule has 2 atom stereocenters. The molecule has 2 heterocycles. The molecule has 7 heteroatoms. The van der Waals surface area contributed by atoms with Crippen molar-refractivity contribution in [1.82, 2.24) is 14.5 Å². The smallest absolute Gasteiger partial charge is 0.222 e. The molecular weight excluding hydrogens is 326 g/mol. The van der Waals surface area contributed by atoms with Crippen LogP contribution < -0.4 is 4.72 Å². The van der Waals surface area contributed by atoms with Crippen molar-refractivity contribution in [3.8, 4) is 0 Å². The quantitative estimate of drug-likeness (QED) is 0.739. The summed E-state index contributed by atoms with van der Waals surface area (Å²) in [7, 11) is -3.22. The number of piperidine rings is 1. The molecule has 1 aliphatic carbocycles. The monoisotopic (exact) mass is 357 g/mol. The number of carbonyl (C=O) groups is 1. The molecular formula is C17H31N3O3S. The van der Waals surface area contributed by atoms with Crippen molar-refractivity contribution in [2.24, 2.45) is 11.8 Å². The third kappa shape index (κ3) is 5.17. The highest BCUT2D eigenvalue weighted by molar-refractivity contribution is 7.88. The van der Waals surface area contributed by atoms with Crippen molar-refractivity contribution in [1.29, 1.82) is 0 Å². The summed E-state index contributed by atoms with van der Waals surface area (Å²) < 4.78 is 25.9. The fraction of sp³-hybridized carbons (Fsp3) is 0.941. The number of sulfonamides is 1. The maximum absolute atomic E-state index is 12.5.